The van der Waals surface area contributed by atoms with Crippen molar-refractivity contribution < 1.29 is 0 Å². The minimum absolute atomic E-state index is 0.0547. The first kappa shape index (κ1) is 8.89. The predicted molar refractivity (Wildman–Crippen MR) is 50.5 cm³/mol. The highest BCUT2D eigenvalue weighted by molar-refractivity contribution is 6.28. The van der Waals surface area contributed by atoms with Crippen molar-refractivity contribution in [3.63, 3.8) is 0 Å². The quantitative estimate of drug-likeness (QED) is 0.641. The molecular formula is C9H10Cl2. The summed E-state index contributed by atoms with van der Waals surface area (Å²) >= 11 is 11.4. The van der Waals surface area contributed by atoms with Crippen molar-refractivity contribution in [2.75, 3.05) is 5.88 Å². The first-order chi connectivity index (χ1) is 5.33. The lowest BCUT2D eigenvalue weighted by molar-refractivity contribution is 0.938. The van der Waals surface area contributed by atoms with E-state index in [1.54, 1.807) is 0 Å². The topological polar surface area (TPSA) is 0 Å². The molecule has 0 fully saturated rings. The molecule has 0 saturated heterocycles. The molecule has 0 radical (unpaired) electrons. The molecule has 0 saturated carbocycles. The smallest absolute Gasteiger partial charge is 0.0511 e. The van der Waals surface area contributed by atoms with E-state index in [4.69, 9.17) is 23.2 Å². The van der Waals surface area contributed by atoms with Crippen LogP contribution in [0.2, 0.25) is 0 Å². The zero-order valence-electron chi connectivity index (χ0n) is 6.13. The first-order valence-electron chi connectivity index (χ1n) is 3.57. The van der Waals surface area contributed by atoms with Gasteiger partial charge in [0, 0.05) is 5.88 Å². The molecule has 0 aliphatic heterocycles. The number of hydrogen-bond donors (Lipinski definition) is 0. The molecule has 11 heavy (non-hydrogen) atoms. The summed E-state index contributed by atoms with van der Waals surface area (Å²) in [5, 5.41) is 0.0547. The van der Waals surface area contributed by atoms with Crippen LogP contribution in [0.25, 0.3) is 0 Å². The molecule has 60 valence electrons. The lowest BCUT2D eigenvalue weighted by Crippen LogP contribution is -2.03. The van der Waals surface area contributed by atoms with Gasteiger partial charge in [-0.2, -0.15) is 0 Å². The maximum absolute atomic E-state index is 5.87. The van der Waals surface area contributed by atoms with Gasteiger partial charge in [0.05, 0.1) is 5.38 Å². The summed E-state index contributed by atoms with van der Waals surface area (Å²) in [6, 6.07) is 10.1. The summed E-state index contributed by atoms with van der Waals surface area (Å²) in [5.74, 6) is 0.510. The lowest BCUT2D eigenvalue weighted by atomic mass is 10.1. The van der Waals surface area contributed by atoms with Gasteiger partial charge in [-0.1, -0.05) is 30.3 Å². The van der Waals surface area contributed by atoms with Crippen molar-refractivity contribution in [2.24, 2.45) is 0 Å². The Balaban J connectivity index is 2.51. The van der Waals surface area contributed by atoms with Crippen LogP contribution in [0.1, 0.15) is 5.56 Å². The zero-order valence-corrected chi connectivity index (χ0v) is 7.65. The van der Waals surface area contributed by atoms with Crippen LogP contribution in [0.5, 0.6) is 0 Å². The maximum Gasteiger partial charge on any atom is 0.0511 e. The van der Waals surface area contributed by atoms with Crippen molar-refractivity contribution in [3.8, 4) is 0 Å². The molecule has 0 N–H and O–H groups in total. The fraction of sp³-hybridized carbons (Fsp3) is 0.333. The molecule has 2 heteroatoms. The molecule has 0 aliphatic carbocycles. The SMILES string of the molecule is ClCC(Cl)Cc1ccccc1. The molecule has 0 heterocycles. The molecule has 0 amide bonds. The van der Waals surface area contributed by atoms with Gasteiger partial charge >= 0.3 is 0 Å². The molecule has 0 spiro atoms. The number of halogens is 2. The summed E-state index contributed by atoms with van der Waals surface area (Å²) in [5.41, 5.74) is 1.24. The van der Waals surface area contributed by atoms with Gasteiger partial charge in [0.15, 0.2) is 0 Å². The van der Waals surface area contributed by atoms with Gasteiger partial charge in [0.2, 0.25) is 0 Å². The third kappa shape index (κ3) is 3.13. The first-order valence-corrected chi connectivity index (χ1v) is 4.54. The van der Waals surface area contributed by atoms with Gasteiger partial charge in [-0.05, 0) is 12.0 Å². The molecule has 1 aromatic carbocycles. The molecule has 0 bridgehead atoms. The van der Waals surface area contributed by atoms with E-state index in [2.05, 4.69) is 12.1 Å². The second kappa shape index (κ2) is 4.63. The second-order valence-electron chi connectivity index (χ2n) is 2.44. The van der Waals surface area contributed by atoms with Gasteiger partial charge in [0.1, 0.15) is 0 Å². The summed E-state index contributed by atoms with van der Waals surface area (Å²) < 4.78 is 0. The average molecular weight is 189 g/mol. The van der Waals surface area contributed by atoms with Crippen LogP contribution in [-0.2, 0) is 6.42 Å². The monoisotopic (exact) mass is 188 g/mol. The van der Waals surface area contributed by atoms with Gasteiger partial charge < -0.3 is 0 Å². The maximum atomic E-state index is 5.87. The molecule has 0 aromatic heterocycles. The van der Waals surface area contributed by atoms with E-state index in [1.807, 2.05) is 18.2 Å². The highest BCUT2D eigenvalue weighted by Gasteiger charge is 2.02. The largest absolute Gasteiger partial charge is 0.125 e. The summed E-state index contributed by atoms with van der Waals surface area (Å²) in [6.45, 7) is 0. The van der Waals surface area contributed by atoms with E-state index >= 15 is 0 Å². The van der Waals surface area contributed by atoms with Crippen LogP contribution in [0.3, 0.4) is 0 Å². The zero-order chi connectivity index (χ0) is 8.10. The van der Waals surface area contributed by atoms with E-state index in [9.17, 15) is 0 Å². The summed E-state index contributed by atoms with van der Waals surface area (Å²) in [7, 11) is 0. The van der Waals surface area contributed by atoms with Crippen LogP contribution < -0.4 is 0 Å². The molecule has 1 rings (SSSR count). The highest BCUT2D eigenvalue weighted by atomic mass is 35.5. The van der Waals surface area contributed by atoms with Crippen LogP contribution in [0.15, 0.2) is 30.3 Å². The Bertz CT molecular complexity index is 196. The predicted octanol–water partition coefficient (Wildman–Crippen LogP) is 3.08. The van der Waals surface area contributed by atoms with E-state index < -0.39 is 0 Å². The minimum atomic E-state index is 0.0547. The fourth-order valence-electron chi connectivity index (χ4n) is 0.924. The average Bonchev–Trinajstić information content (AvgIpc) is 2.06. The summed E-state index contributed by atoms with van der Waals surface area (Å²) in [4.78, 5) is 0. The highest BCUT2D eigenvalue weighted by Crippen LogP contribution is 2.08. The van der Waals surface area contributed by atoms with E-state index in [0.717, 1.165) is 6.42 Å². The molecule has 0 aliphatic rings. The van der Waals surface area contributed by atoms with E-state index in [0.29, 0.717) is 5.88 Å². The van der Waals surface area contributed by atoms with Crippen molar-refractivity contribution in [3.05, 3.63) is 35.9 Å². The third-order valence-electron chi connectivity index (χ3n) is 1.47. The van der Waals surface area contributed by atoms with E-state index in [1.165, 1.54) is 5.56 Å². The Hall–Kier alpha value is -0.200. The van der Waals surface area contributed by atoms with Crippen LogP contribution in [0, 0.1) is 0 Å². The Kier molecular flexibility index (Phi) is 3.74. The standard InChI is InChI=1S/C9H10Cl2/c10-7-9(11)6-8-4-2-1-3-5-8/h1-5,9H,6-7H2. The van der Waals surface area contributed by atoms with Crippen LogP contribution in [-0.4, -0.2) is 11.3 Å². The lowest BCUT2D eigenvalue weighted by Gasteiger charge is -2.03. The second-order valence-corrected chi connectivity index (χ2v) is 3.37. The Labute approximate surface area is 77.1 Å². The Morgan fingerprint density at radius 3 is 2.36 bits per heavy atom. The van der Waals surface area contributed by atoms with Crippen molar-refractivity contribution in [1.82, 2.24) is 0 Å². The van der Waals surface area contributed by atoms with Crippen molar-refractivity contribution in [2.45, 2.75) is 11.8 Å². The Morgan fingerprint density at radius 1 is 1.18 bits per heavy atom. The van der Waals surface area contributed by atoms with Gasteiger partial charge in [-0.3, -0.25) is 0 Å². The third-order valence-corrected chi connectivity index (χ3v) is 2.31. The number of rotatable bonds is 3. The normalized spacial score (nSPS) is 12.9. The molecule has 1 atom stereocenters. The number of hydrogen-bond acceptors (Lipinski definition) is 0. The number of benzene rings is 1. The number of alkyl halides is 2. The van der Waals surface area contributed by atoms with Crippen molar-refractivity contribution in [1.29, 1.82) is 0 Å². The van der Waals surface area contributed by atoms with Crippen molar-refractivity contribution >= 4 is 23.2 Å². The van der Waals surface area contributed by atoms with Crippen LogP contribution in [0.4, 0.5) is 0 Å². The molecule has 0 nitrogen and oxygen atoms in total. The van der Waals surface area contributed by atoms with E-state index in [-0.39, 0.29) is 5.38 Å². The Morgan fingerprint density at radius 2 is 1.82 bits per heavy atom. The molecular weight excluding hydrogens is 179 g/mol. The van der Waals surface area contributed by atoms with Gasteiger partial charge in [-0.15, -0.1) is 23.2 Å². The summed E-state index contributed by atoms with van der Waals surface area (Å²) in [6.07, 6.45) is 0.853. The molecule has 1 aromatic rings. The molecule has 1 unspecified atom stereocenters. The van der Waals surface area contributed by atoms with Gasteiger partial charge in [-0.25, -0.2) is 0 Å². The van der Waals surface area contributed by atoms with Crippen LogP contribution >= 0.6 is 23.2 Å². The minimum Gasteiger partial charge on any atom is -0.125 e. The van der Waals surface area contributed by atoms with Gasteiger partial charge in [0.25, 0.3) is 0 Å². The fourth-order valence-corrected chi connectivity index (χ4v) is 1.21.